The molecule has 272 valence electrons. The van der Waals surface area contributed by atoms with Gasteiger partial charge in [0, 0.05) is 33.9 Å². The van der Waals surface area contributed by atoms with Gasteiger partial charge < -0.3 is 9.32 Å². The first-order chi connectivity index (χ1) is 28.8. The minimum Gasteiger partial charge on any atom is -0.456 e. The van der Waals surface area contributed by atoms with Gasteiger partial charge in [0.15, 0.2) is 0 Å². The Morgan fingerprint density at radius 3 is 1.52 bits per heavy atom. The molecule has 0 spiro atoms. The molecule has 0 bridgehead atoms. The van der Waals surface area contributed by atoms with Crippen LogP contribution in [-0.4, -0.2) is 0 Å². The van der Waals surface area contributed by atoms with E-state index in [1.54, 1.807) is 0 Å². The van der Waals surface area contributed by atoms with Crippen molar-refractivity contribution in [2.75, 3.05) is 4.90 Å². The lowest BCUT2D eigenvalue weighted by Gasteiger charge is -2.29. The predicted molar refractivity (Wildman–Crippen MR) is 245 cm³/mol. The van der Waals surface area contributed by atoms with Crippen LogP contribution in [0.4, 0.5) is 17.1 Å². The molecule has 0 saturated heterocycles. The average molecular weight is 740 g/mol. The van der Waals surface area contributed by atoms with Crippen LogP contribution in [-0.2, 0) is 0 Å². The van der Waals surface area contributed by atoms with E-state index in [1.165, 1.54) is 43.8 Å². The largest absolute Gasteiger partial charge is 0.456 e. The lowest BCUT2D eigenvalue weighted by Crippen LogP contribution is -2.11. The summed E-state index contributed by atoms with van der Waals surface area (Å²) in [5, 5.41) is 7.20. The molecule has 0 saturated carbocycles. The zero-order valence-electron chi connectivity index (χ0n) is 31.7. The van der Waals surface area contributed by atoms with Crippen LogP contribution in [0.1, 0.15) is 0 Å². The number of benzene rings is 10. The second-order valence-electron chi connectivity index (χ2n) is 14.9. The fraction of sp³-hybridized carbons (Fsp3) is 0. The fourth-order valence-corrected chi connectivity index (χ4v) is 8.73. The summed E-state index contributed by atoms with van der Waals surface area (Å²) in [5.41, 5.74) is 14.3. The monoisotopic (exact) mass is 739 g/mol. The van der Waals surface area contributed by atoms with E-state index in [0.29, 0.717) is 0 Å². The molecule has 2 heteroatoms. The minimum atomic E-state index is 0.857. The Labute approximate surface area is 337 Å². The molecule has 0 radical (unpaired) electrons. The Hall–Kier alpha value is -7.68. The van der Waals surface area contributed by atoms with Crippen molar-refractivity contribution in [1.29, 1.82) is 0 Å². The second kappa shape index (κ2) is 14.1. The van der Waals surface area contributed by atoms with E-state index in [1.807, 2.05) is 12.1 Å². The van der Waals surface area contributed by atoms with E-state index in [-0.39, 0.29) is 0 Å². The second-order valence-corrected chi connectivity index (χ2v) is 14.9. The topological polar surface area (TPSA) is 16.4 Å². The van der Waals surface area contributed by atoms with Gasteiger partial charge in [-0.05, 0) is 109 Å². The normalized spacial score (nSPS) is 11.4. The summed E-state index contributed by atoms with van der Waals surface area (Å²) >= 11 is 0. The molecule has 0 unspecified atom stereocenters. The molecule has 0 fully saturated rings. The van der Waals surface area contributed by atoms with Crippen molar-refractivity contribution in [2.45, 2.75) is 0 Å². The number of para-hydroxylation sites is 1. The van der Waals surface area contributed by atoms with E-state index in [2.05, 4.69) is 217 Å². The van der Waals surface area contributed by atoms with Gasteiger partial charge in [-0.25, -0.2) is 0 Å². The van der Waals surface area contributed by atoms with Crippen molar-refractivity contribution in [3.63, 3.8) is 0 Å². The van der Waals surface area contributed by atoms with Gasteiger partial charge in [0.25, 0.3) is 0 Å². The number of nitrogens with zero attached hydrogens (tertiary/aromatic N) is 1. The third-order valence-corrected chi connectivity index (χ3v) is 11.5. The number of hydrogen-bond acceptors (Lipinski definition) is 2. The first-order valence-corrected chi connectivity index (χ1v) is 19.8. The van der Waals surface area contributed by atoms with Crippen molar-refractivity contribution in [1.82, 2.24) is 0 Å². The standard InChI is InChI=1S/C56H37NO/c1-4-15-38(16-5-1)39-27-30-43(31-28-39)57(44-32-34-50-49-23-12-13-26-54(49)58-55(50)37-44)45-35-52(40-17-6-2-7-18-40)56(53(36-45)41-19-8-3-9-20-41)51-25-14-24-47-46-22-11-10-21-42(46)29-33-48(47)51/h1-37H. The van der Waals surface area contributed by atoms with Crippen LogP contribution in [0.3, 0.4) is 0 Å². The summed E-state index contributed by atoms with van der Waals surface area (Å²) in [6.07, 6.45) is 0. The van der Waals surface area contributed by atoms with Crippen LogP contribution in [0.15, 0.2) is 229 Å². The molecule has 58 heavy (non-hydrogen) atoms. The van der Waals surface area contributed by atoms with E-state index < -0.39 is 0 Å². The van der Waals surface area contributed by atoms with Gasteiger partial charge in [-0.2, -0.15) is 0 Å². The van der Waals surface area contributed by atoms with Gasteiger partial charge >= 0.3 is 0 Å². The van der Waals surface area contributed by atoms with Crippen LogP contribution >= 0.6 is 0 Å². The maximum absolute atomic E-state index is 6.50. The maximum Gasteiger partial charge on any atom is 0.137 e. The summed E-state index contributed by atoms with van der Waals surface area (Å²) in [4.78, 5) is 2.38. The summed E-state index contributed by atoms with van der Waals surface area (Å²) in [7, 11) is 0. The lowest BCUT2D eigenvalue weighted by atomic mass is 9.84. The third-order valence-electron chi connectivity index (χ3n) is 11.5. The molecule has 11 rings (SSSR count). The molecule has 0 aliphatic carbocycles. The van der Waals surface area contributed by atoms with Crippen molar-refractivity contribution >= 4 is 60.5 Å². The average Bonchev–Trinajstić information content (AvgIpc) is 3.68. The Morgan fingerprint density at radius 2 is 0.810 bits per heavy atom. The van der Waals surface area contributed by atoms with Crippen molar-refractivity contribution in [3.05, 3.63) is 224 Å². The Bertz CT molecular complexity index is 3200. The molecule has 0 atom stereocenters. The summed E-state index contributed by atoms with van der Waals surface area (Å²) < 4.78 is 6.50. The van der Waals surface area contributed by atoms with Crippen LogP contribution in [0.25, 0.3) is 88.0 Å². The van der Waals surface area contributed by atoms with Crippen LogP contribution in [0, 0.1) is 0 Å². The predicted octanol–water partition coefficient (Wildman–Crippen LogP) is 16.0. The van der Waals surface area contributed by atoms with Gasteiger partial charge in [0.2, 0.25) is 0 Å². The molecule has 0 aliphatic rings. The Kier molecular flexibility index (Phi) is 8.19. The molecule has 1 aromatic heterocycles. The molecule has 0 amide bonds. The molecule has 1 heterocycles. The van der Waals surface area contributed by atoms with Gasteiger partial charge in [0.1, 0.15) is 11.2 Å². The van der Waals surface area contributed by atoms with Gasteiger partial charge in [-0.1, -0.05) is 176 Å². The highest BCUT2D eigenvalue weighted by molar-refractivity contribution is 6.15. The number of rotatable bonds is 7. The van der Waals surface area contributed by atoms with Gasteiger partial charge in [-0.3, -0.25) is 0 Å². The van der Waals surface area contributed by atoms with Crippen LogP contribution in [0.5, 0.6) is 0 Å². The number of hydrogen-bond donors (Lipinski definition) is 0. The molecular weight excluding hydrogens is 703 g/mol. The molecule has 2 nitrogen and oxygen atoms in total. The molecule has 0 N–H and O–H groups in total. The van der Waals surface area contributed by atoms with Crippen LogP contribution in [0.2, 0.25) is 0 Å². The maximum atomic E-state index is 6.50. The quantitative estimate of drug-likeness (QED) is 0.151. The fourth-order valence-electron chi connectivity index (χ4n) is 8.73. The van der Waals surface area contributed by atoms with E-state index in [0.717, 1.165) is 61.3 Å². The first kappa shape index (κ1) is 33.6. The minimum absolute atomic E-state index is 0.857. The highest BCUT2D eigenvalue weighted by Crippen LogP contribution is 2.48. The smallest absolute Gasteiger partial charge is 0.137 e. The molecule has 0 aliphatic heterocycles. The van der Waals surface area contributed by atoms with E-state index >= 15 is 0 Å². The summed E-state index contributed by atoms with van der Waals surface area (Å²) in [6.45, 7) is 0. The van der Waals surface area contributed by atoms with E-state index in [4.69, 9.17) is 4.42 Å². The van der Waals surface area contributed by atoms with E-state index in [9.17, 15) is 0 Å². The first-order valence-electron chi connectivity index (χ1n) is 19.8. The van der Waals surface area contributed by atoms with Gasteiger partial charge in [-0.15, -0.1) is 0 Å². The molecule has 11 aromatic rings. The van der Waals surface area contributed by atoms with Crippen LogP contribution < -0.4 is 4.90 Å². The summed E-state index contributed by atoms with van der Waals surface area (Å²) in [6, 6.07) is 80.8. The highest BCUT2D eigenvalue weighted by Gasteiger charge is 2.23. The number of furan rings is 1. The molecule has 10 aromatic carbocycles. The Balaban J connectivity index is 1.20. The Morgan fingerprint density at radius 1 is 0.276 bits per heavy atom. The van der Waals surface area contributed by atoms with Crippen molar-refractivity contribution < 1.29 is 4.42 Å². The zero-order chi connectivity index (χ0) is 38.4. The number of fused-ring (bicyclic) bond motifs is 6. The zero-order valence-corrected chi connectivity index (χ0v) is 31.7. The van der Waals surface area contributed by atoms with Gasteiger partial charge in [0.05, 0.1) is 0 Å². The van der Waals surface area contributed by atoms with Crippen molar-refractivity contribution in [2.24, 2.45) is 0 Å². The lowest BCUT2D eigenvalue weighted by molar-refractivity contribution is 0.669. The summed E-state index contributed by atoms with van der Waals surface area (Å²) in [5.74, 6) is 0. The highest BCUT2D eigenvalue weighted by atomic mass is 16.3. The molecular formula is C56H37NO. The van der Waals surface area contributed by atoms with Crippen molar-refractivity contribution in [3.8, 4) is 44.5 Å². The number of anilines is 3. The third kappa shape index (κ3) is 5.82. The SMILES string of the molecule is c1ccc(-c2ccc(N(c3cc(-c4ccccc4)c(-c4cccc5c4ccc4ccccc45)c(-c4ccccc4)c3)c3ccc4c(c3)oc3ccccc34)cc2)cc1.